The van der Waals surface area contributed by atoms with E-state index in [-0.39, 0.29) is 55.5 Å². The minimum absolute atomic E-state index is 0.0196. The van der Waals surface area contributed by atoms with Crippen LogP contribution in [0.15, 0.2) is 0 Å². The molecule has 0 bridgehead atoms. The highest BCUT2D eigenvalue weighted by Crippen LogP contribution is 2.27. The van der Waals surface area contributed by atoms with Crippen molar-refractivity contribution in [1.29, 1.82) is 0 Å². The van der Waals surface area contributed by atoms with Crippen molar-refractivity contribution in [3.05, 3.63) is 0 Å². The molecule has 0 aromatic carbocycles. The molecule has 0 saturated heterocycles. The molecule has 7 heteroatoms. The molecule has 0 spiro atoms. The summed E-state index contributed by atoms with van der Waals surface area (Å²) in [5.41, 5.74) is -0.862. The van der Waals surface area contributed by atoms with E-state index in [9.17, 15) is 14.4 Å². The Bertz CT molecular complexity index is 889. The first-order valence-electron chi connectivity index (χ1n) is 23.9. The van der Waals surface area contributed by atoms with Crippen LogP contribution in [0.1, 0.15) is 218 Å². The number of carbonyl (C=O) groups excluding carboxylic acids is 3. The summed E-state index contributed by atoms with van der Waals surface area (Å²) in [5, 5.41) is 0.368. The van der Waals surface area contributed by atoms with Crippen molar-refractivity contribution < 1.29 is 28.6 Å². The Hall–Kier alpha value is -1.11. The van der Waals surface area contributed by atoms with Gasteiger partial charge < -0.3 is 14.2 Å². The Morgan fingerprint density at radius 1 is 0.368 bits per heavy atom. The number of halogens is 1. The van der Waals surface area contributed by atoms with E-state index in [2.05, 4.69) is 99.0 Å². The van der Waals surface area contributed by atoms with E-state index in [0.717, 1.165) is 56.3 Å². The molecule has 6 atom stereocenters. The van der Waals surface area contributed by atoms with Crippen LogP contribution in [-0.4, -0.2) is 43.1 Å². The van der Waals surface area contributed by atoms with Crippen molar-refractivity contribution >= 4 is 33.8 Å². The quantitative estimate of drug-likeness (QED) is 0.0351. The Balaban J connectivity index is 5.17. The smallest absolute Gasteiger partial charge is 0.306 e. The predicted molar refractivity (Wildman–Crippen MR) is 246 cm³/mol. The minimum Gasteiger partial charge on any atom is -0.465 e. The van der Waals surface area contributed by atoms with Crippen LogP contribution in [0.25, 0.3) is 0 Å². The van der Waals surface area contributed by atoms with E-state index >= 15 is 0 Å². The average Bonchev–Trinajstić information content (AvgIpc) is 3.11. The normalized spacial score (nSPS) is 16.2. The maximum atomic E-state index is 13.1. The SMILES string of the molecule is CC(C)CCCC(C)CCCC(C)CC(=O)OCC(CBr)(COC(=O)CC(C)CCCC(C)CCCC(C)C)COC(=O)CC(C)CCCC(C)CCCC(C)C. The summed E-state index contributed by atoms with van der Waals surface area (Å²) >= 11 is 3.62. The largest absolute Gasteiger partial charge is 0.465 e. The number of ether oxygens (including phenoxy) is 3. The van der Waals surface area contributed by atoms with Gasteiger partial charge in [0.2, 0.25) is 0 Å². The molecule has 338 valence electrons. The van der Waals surface area contributed by atoms with Crippen LogP contribution in [0.4, 0.5) is 0 Å². The highest BCUT2D eigenvalue weighted by molar-refractivity contribution is 9.09. The lowest BCUT2D eigenvalue weighted by Crippen LogP contribution is -2.41. The van der Waals surface area contributed by atoms with Gasteiger partial charge in [-0.15, -0.1) is 0 Å². The van der Waals surface area contributed by atoms with Crippen molar-refractivity contribution in [1.82, 2.24) is 0 Å². The molecule has 0 fully saturated rings. The zero-order valence-corrected chi connectivity index (χ0v) is 41.3. The zero-order valence-electron chi connectivity index (χ0n) is 39.7. The number of alkyl halides is 1. The van der Waals surface area contributed by atoms with Crippen LogP contribution in [0.2, 0.25) is 0 Å². The highest BCUT2D eigenvalue weighted by atomic mass is 79.9. The van der Waals surface area contributed by atoms with Crippen molar-refractivity contribution in [3.63, 3.8) is 0 Å². The summed E-state index contributed by atoms with van der Waals surface area (Å²) in [6.07, 6.45) is 22.5. The molecule has 0 aliphatic heterocycles. The molecule has 0 radical (unpaired) electrons. The predicted octanol–water partition coefficient (Wildman–Crippen LogP) is 15.0. The molecule has 0 heterocycles. The number of hydrogen-bond donors (Lipinski definition) is 0. The van der Waals surface area contributed by atoms with Gasteiger partial charge in [-0.1, -0.05) is 215 Å². The Labute approximate surface area is 362 Å². The lowest BCUT2D eigenvalue weighted by molar-refractivity contribution is -0.161. The standard InChI is InChI=1S/C50H95BrO6/c1-38(2)19-13-22-41(7)25-16-28-44(10)31-47(52)55-35-50(34-51,36-56-48(53)32-45(11)29-17-26-42(8)23-14-20-39(3)4)37-57-49(54)33-46(12)30-18-27-43(9)24-15-21-40(5)6/h38-46H,13-37H2,1-12H3. The summed E-state index contributed by atoms with van der Waals surface area (Å²) in [6, 6.07) is 0. The molecule has 57 heavy (non-hydrogen) atoms. The molecule has 6 unspecified atom stereocenters. The topological polar surface area (TPSA) is 78.9 Å². The second-order valence-electron chi connectivity index (χ2n) is 20.6. The molecule has 0 aromatic heterocycles. The van der Waals surface area contributed by atoms with Gasteiger partial charge in [-0.3, -0.25) is 14.4 Å². The highest BCUT2D eigenvalue weighted by Gasteiger charge is 2.35. The molecular formula is C50H95BrO6. The van der Waals surface area contributed by atoms with Crippen LogP contribution < -0.4 is 0 Å². The summed E-state index contributed by atoms with van der Waals surface area (Å²) in [7, 11) is 0. The number of hydrogen-bond acceptors (Lipinski definition) is 6. The van der Waals surface area contributed by atoms with Gasteiger partial charge in [0.25, 0.3) is 0 Å². The average molecular weight is 872 g/mol. The molecule has 0 rings (SSSR count). The summed E-state index contributed by atoms with van der Waals surface area (Å²) < 4.78 is 17.6. The lowest BCUT2D eigenvalue weighted by Gasteiger charge is -2.31. The lowest BCUT2D eigenvalue weighted by atomic mass is 9.92. The van der Waals surface area contributed by atoms with Crippen LogP contribution in [0.5, 0.6) is 0 Å². The zero-order chi connectivity index (χ0) is 43.2. The fourth-order valence-corrected chi connectivity index (χ4v) is 8.26. The third-order valence-corrected chi connectivity index (χ3v) is 13.3. The van der Waals surface area contributed by atoms with Gasteiger partial charge >= 0.3 is 17.9 Å². The Kier molecular flexibility index (Phi) is 32.9. The van der Waals surface area contributed by atoms with E-state index in [0.29, 0.717) is 42.3 Å². The molecule has 6 nitrogen and oxygen atoms in total. The van der Waals surface area contributed by atoms with E-state index in [1.807, 2.05) is 0 Å². The van der Waals surface area contributed by atoms with E-state index < -0.39 is 5.41 Å². The van der Waals surface area contributed by atoms with Crippen molar-refractivity contribution in [2.24, 2.45) is 58.7 Å². The van der Waals surface area contributed by atoms with Crippen LogP contribution >= 0.6 is 15.9 Å². The van der Waals surface area contributed by atoms with Crippen LogP contribution in [0.3, 0.4) is 0 Å². The van der Waals surface area contributed by atoms with E-state index in [1.165, 1.54) is 77.0 Å². The second kappa shape index (κ2) is 33.6. The minimum atomic E-state index is -0.862. The molecule has 0 N–H and O–H groups in total. The Morgan fingerprint density at radius 3 is 0.789 bits per heavy atom. The van der Waals surface area contributed by atoms with Gasteiger partial charge in [-0.05, 0) is 53.3 Å². The van der Waals surface area contributed by atoms with Crippen molar-refractivity contribution in [3.8, 4) is 0 Å². The summed E-state index contributed by atoms with van der Waals surface area (Å²) in [4.78, 5) is 39.3. The first-order valence-corrected chi connectivity index (χ1v) is 25.0. The number of rotatable bonds is 37. The van der Waals surface area contributed by atoms with Crippen LogP contribution in [0, 0.1) is 58.7 Å². The van der Waals surface area contributed by atoms with Gasteiger partial charge in [-0.2, -0.15) is 0 Å². The molecular weight excluding hydrogens is 776 g/mol. The molecule has 0 aliphatic rings. The third kappa shape index (κ3) is 33.3. The molecule has 0 aromatic rings. The number of carbonyl (C=O) groups is 3. The maximum Gasteiger partial charge on any atom is 0.306 e. The molecule has 0 aliphatic carbocycles. The number of esters is 3. The monoisotopic (exact) mass is 871 g/mol. The van der Waals surface area contributed by atoms with Crippen molar-refractivity contribution in [2.75, 3.05) is 25.2 Å². The Morgan fingerprint density at radius 2 is 0.579 bits per heavy atom. The van der Waals surface area contributed by atoms with Gasteiger partial charge in [0.1, 0.15) is 19.8 Å². The van der Waals surface area contributed by atoms with Gasteiger partial charge in [0, 0.05) is 24.6 Å². The summed E-state index contributed by atoms with van der Waals surface area (Å²) in [6.45, 7) is 27.2. The van der Waals surface area contributed by atoms with Crippen molar-refractivity contribution in [2.45, 2.75) is 218 Å². The summed E-state index contributed by atoms with van der Waals surface area (Å²) in [5.74, 6) is 4.31. The van der Waals surface area contributed by atoms with E-state index in [4.69, 9.17) is 14.2 Å². The fourth-order valence-electron chi connectivity index (χ4n) is 7.78. The molecule has 0 amide bonds. The van der Waals surface area contributed by atoms with Gasteiger partial charge in [0.15, 0.2) is 0 Å². The van der Waals surface area contributed by atoms with E-state index in [1.54, 1.807) is 0 Å². The van der Waals surface area contributed by atoms with Crippen LogP contribution in [-0.2, 0) is 28.6 Å². The van der Waals surface area contributed by atoms with Gasteiger partial charge in [0.05, 0.1) is 5.41 Å². The third-order valence-electron chi connectivity index (χ3n) is 12.1. The first-order chi connectivity index (χ1) is 26.9. The first kappa shape index (κ1) is 55.9. The maximum absolute atomic E-state index is 13.1. The molecule has 0 saturated carbocycles. The fraction of sp³-hybridized carbons (Fsp3) is 0.940. The van der Waals surface area contributed by atoms with Gasteiger partial charge in [-0.25, -0.2) is 0 Å². The second-order valence-corrected chi connectivity index (χ2v) is 21.2.